The summed E-state index contributed by atoms with van der Waals surface area (Å²) in [5.74, 6) is -0.394. The molecule has 0 saturated heterocycles. The smallest absolute Gasteiger partial charge is 1.00 e. The van der Waals surface area contributed by atoms with E-state index in [9.17, 15) is 4.79 Å². The summed E-state index contributed by atoms with van der Waals surface area (Å²) >= 11 is 0. The van der Waals surface area contributed by atoms with E-state index in [0.29, 0.717) is 0 Å². The van der Waals surface area contributed by atoms with E-state index < -0.39 is 5.97 Å². The van der Waals surface area contributed by atoms with Crippen LogP contribution >= 0.6 is 0 Å². The predicted molar refractivity (Wildman–Crippen MR) is 23.3 cm³/mol. The van der Waals surface area contributed by atoms with Gasteiger partial charge in [-0.3, -0.25) is 0 Å². The Bertz CT molecular complexity index is 74.4. The first-order valence-electron chi connectivity index (χ1n) is 1.51. The van der Waals surface area contributed by atoms with Crippen LogP contribution in [0.1, 0.15) is 1.43 Å². The van der Waals surface area contributed by atoms with E-state index in [-0.39, 0.29) is 52.8 Å². The third kappa shape index (κ3) is 6.85. The van der Waals surface area contributed by atoms with E-state index in [2.05, 4.69) is 11.3 Å². The molecule has 0 rings (SSSR count). The Labute approximate surface area is 86.8 Å². The van der Waals surface area contributed by atoms with E-state index in [1.807, 2.05) is 0 Å². The molecule has 0 atom stereocenters. The van der Waals surface area contributed by atoms with Crippen molar-refractivity contribution in [3.05, 3.63) is 12.7 Å². The van der Waals surface area contributed by atoms with Crippen LogP contribution in [0.5, 0.6) is 0 Å². The van der Waals surface area contributed by atoms with Gasteiger partial charge in [-0.15, -0.1) is 0 Å². The van der Waals surface area contributed by atoms with Gasteiger partial charge >= 0.3 is 57.4 Å². The number of hydrogen-bond acceptors (Lipinski definition) is 2. The van der Waals surface area contributed by atoms with Gasteiger partial charge in [0.25, 0.3) is 0 Å². The molecule has 36 valence electrons. The van der Waals surface area contributed by atoms with Gasteiger partial charge in [-0.1, -0.05) is 6.58 Å². The van der Waals surface area contributed by atoms with Crippen molar-refractivity contribution < 1.29 is 62.3 Å². The van der Waals surface area contributed by atoms with Crippen LogP contribution < -0.4 is 51.4 Å². The number of methoxy groups -OCH3 is 1. The number of esters is 1. The van der Waals surface area contributed by atoms with Crippen LogP contribution in [0.25, 0.3) is 0 Å². The van der Waals surface area contributed by atoms with Crippen molar-refractivity contribution in [1.82, 2.24) is 0 Å². The van der Waals surface area contributed by atoms with Crippen molar-refractivity contribution in [2.24, 2.45) is 0 Å². The summed E-state index contributed by atoms with van der Waals surface area (Å²) in [7, 11) is 1.31. The molecule has 0 aliphatic heterocycles. The van der Waals surface area contributed by atoms with E-state index in [1.54, 1.807) is 0 Å². The number of rotatable bonds is 1. The van der Waals surface area contributed by atoms with Gasteiger partial charge in [0.2, 0.25) is 0 Å². The minimum atomic E-state index is -0.394. The first-order chi connectivity index (χ1) is 2.81. The monoisotopic (exact) mass is 126 g/mol. The molecule has 0 aliphatic carbocycles. The summed E-state index contributed by atoms with van der Waals surface area (Å²) in [4.78, 5) is 9.84. The molecule has 0 unspecified atom stereocenters. The molecule has 3 heteroatoms. The van der Waals surface area contributed by atoms with Crippen LogP contribution in [-0.4, -0.2) is 13.1 Å². The zero-order chi connectivity index (χ0) is 4.99. The number of carbonyl (C=O) groups is 1. The fraction of sp³-hybridized carbons (Fsp3) is 0.250. The third-order valence-electron chi connectivity index (χ3n) is 0.368. The Morgan fingerprint density at radius 2 is 2.43 bits per heavy atom. The standard InChI is InChI=1S/C4H6O2.K.H/c1-3-4(5)6-2;;/h3H,1H2,2H3;;/q;+1;-1. The fourth-order valence-electron chi connectivity index (χ4n) is 0.0833. The average molecular weight is 126 g/mol. The molecule has 0 aromatic heterocycles. The van der Waals surface area contributed by atoms with Crippen LogP contribution in [0.3, 0.4) is 0 Å². The van der Waals surface area contributed by atoms with Crippen molar-refractivity contribution >= 4 is 5.97 Å². The van der Waals surface area contributed by atoms with Crippen LogP contribution in [0.15, 0.2) is 12.7 Å². The molecule has 0 heterocycles. The molecule has 0 aromatic carbocycles. The van der Waals surface area contributed by atoms with Gasteiger partial charge in [0.15, 0.2) is 0 Å². The molecule has 2 nitrogen and oxygen atoms in total. The predicted octanol–water partition coefficient (Wildman–Crippen LogP) is -2.54. The molecule has 0 aromatic rings. The van der Waals surface area contributed by atoms with Crippen LogP contribution in [0.2, 0.25) is 0 Å². The molecule has 0 N–H and O–H groups in total. The number of carbonyl (C=O) groups excluding carboxylic acids is 1. The molecule has 0 fully saturated rings. The van der Waals surface area contributed by atoms with Gasteiger partial charge in [0.1, 0.15) is 0 Å². The van der Waals surface area contributed by atoms with Crippen molar-refractivity contribution in [2.45, 2.75) is 0 Å². The van der Waals surface area contributed by atoms with E-state index in [4.69, 9.17) is 0 Å². The molecular formula is C4H7KO2. The summed E-state index contributed by atoms with van der Waals surface area (Å²) in [5, 5.41) is 0. The summed E-state index contributed by atoms with van der Waals surface area (Å²) in [5.41, 5.74) is 0. The molecule has 0 saturated carbocycles. The molecule has 0 spiro atoms. The van der Waals surface area contributed by atoms with Gasteiger partial charge in [-0.2, -0.15) is 0 Å². The first kappa shape index (κ1) is 10.8. The van der Waals surface area contributed by atoms with Gasteiger partial charge in [-0.05, 0) is 0 Å². The fourth-order valence-corrected chi connectivity index (χ4v) is 0.0833. The van der Waals surface area contributed by atoms with Gasteiger partial charge in [-0.25, -0.2) is 4.79 Å². The second kappa shape index (κ2) is 6.85. The van der Waals surface area contributed by atoms with Crippen LogP contribution in [0, 0.1) is 0 Å². The van der Waals surface area contributed by atoms with E-state index in [1.165, 1.54) is 7.11 Å². The number of ether oxygens (including phenoxy) is 1. The Balaban J connectivity index is -0.000000125. The maximum atomic E-state index is 9.84. The Morgan fingerprint density at radius 1 is 2.00 bits per heavy atom. The second-order valence-corrected chi connectivity index (χ2v) is 0.727. The summed E-state index contributed by atoms with van der Waals surface area (Å²) in [6.45, 7) is 3.16. The van der Waals surface area contributed by atoms with Crippen LogP contribution in [0.4, 0.5) is 0 Å². The Hall–Kier alpha value is 0.846. The largest absolute Gasteiger partial charge is 1.00 e. The molecule has 0 radical (unpaired) electrons. The maximum Gasteiger partial charge on any atom is 1.00 e. The summed E-state index contributed by atoms with van der Waals surface area (Å²) in [6.07, 6.45) is 1.11. The Morgan fingerprint density at radius 3 is 2.43 bits per heavy atom. The summed E-state index contributed by atoms with van der Waals surface area (Å²) in [6, 6.07) is 0. The van der Waals surface area contributed by atoms with Crippen molar-refractivity contribution in [1.29, 1.82) is 0 Å². The quantitative estimate of drug-likeness (QED) is 0.220. The van der Waals surface area contributed by atoms with Gasteiger partial charge < -0.3 is 6.16 Å². The van der Waals surface area contributed by atoms with Crippen molar-refractivity contribution in [2.75, 3.05) is 7.11 Å². The minimum absolute atomic E-state index is 0. The van der Waals surface area contributed by atoms with Crippen molar-refractivity contribution in [3.63, 3.8) is 0 Å². The topological polar surface area (TPSA) is 26.3 Å². The second-order valence-electron chi connectivity index (χ2n) is 0.727. The average Bonchev–Trinajstić information content (AvgIpc) is 1.65. The van der Waals surface area contributed by atoms with Crippen molar-refractivity contribution in [3.8, 4) is 0 Å². The minimum Gasteiger partial charge on any atom is -1.00 e. The first-order valence-corrected chi connectivity index (χ1v) is 1.51. The normalized spacial score (nSPS) is 5.86. The van der Waals surface area contributed by atoms with E-state index in [0.717, 1.165) is 6.08 Å². The molecule has 0 aliphatic rings. The van der Waals surface area contributed by atoms with Crippen LogP contribution in [-0.2, 0) is 9.53 Å². The zero-order valence-electron chi connectivity index (χ0n) is 5.60. The SMILES string of the molecule is C=CC(=O)OC.[H-].[K+]. The molecule has 7 heavy (non-hydrogen) atoms. The zero-order valence-corrected chi connectivity index (χ0v) is 7.72. The van der Waals surface area contributed by atoms with Gasteiger partial charge in [0, 0.05) is 6.08 Å². The van der Waals surface area contributed by atoms with E-state index >= 15 is 0 Å². The summed E-state index contributed by atoms with van der Waals surface area (Å²) < 4.78 is 4.14. The maximum absolute atomic E-state index is 9.84. The molecular weight excluding hydrogens is 119 g/mol. The number of hydrogen-bond donors (Lipinski definition) is 0. The molecule has 0 bridgehead atoms. The third-order valence-corrected chi connectivity index (χ3v) is 0.368. The molecule has 0 amide bonds. The van der Waals surface area contributed by atoms with Gasteiger partial charge in [0.05, 0.1) is 7.11 Å². The Kier molecular flexibility index (Phi) is 10.5.